The molecule has 0 saturated carbocycles. The molecule has 0 aliphatic rings. The van der Waals surface area contributed by atoms with Gasteiger partial charge in [-0.2, -0.15) is 4.39 Å². The Morgan fingerprint density at radius 2 is 2.10 bits per heavy atom. The Morgan fingerprint density at radius 3 is 2.71 bits per heavy atom. The molecule has 1 aromatic rings. The number of rotatable bonds is 8. The molecule has 0 aliphatic carbocycles. The lowest BCUT2D eigenvalue weighted by Gasteiger charge is -2.27. The zero-order valence-electron chi connectivity index (χ0n) is 12.5. The van der Waals surface area contributed by atoms with Crippen LogP contribution in [0, 0.1) is 11.6 Å². The van der Waals surface area contributed by atoms with Crippen LogP contribution in [0.3, 0.4) is 0 Å². The number of carbonyl (C=O) groups is 1. The number of esters is 1. The minimum absolute atomic E-state index is 0.0582. The molecule has 0 saturated heterocycles. The summed E-state index contributed by atoms with van der Waals surface area (Å²) in [6.45, 7) is 4.37. The van der Waals surface area contributed by atoms with Crippen molar-refractivity contribution >= 4 is 5.97 Å². The van der Waals surface area contributed by atoms with Gasteiger partial charge in [-0.1, -0.05) is 13.0 Å². The Labute approximate surface area is 123 Å². The molecule has 1 atom stereocenters. The number of hydrogen-bond acceptors (Lipinski definition) is 4. The maximum atomic E-state index is 13.4. The van der Waals surface area contributed by atoms with Gasteiger partial charge in [0.1, 0.15) is 5.54 Å². The summed E-state index contributed by atoms with van der Waals surface area (Å²) in [6, 6.07) is 3.72. The Morgan fingerprint density at radius 1 is 1.38 bits per heavy atom. The third kappa shape index (κ3) is 4.67. The number of methoxy groups -OCH3 is 1. The Balaban J connectivity index is 2.65. The Hall–Kier alpha value is -1.69. The molecule has 1 N–H and O–H groups in total. The summed E-state index contributed by atoms with van der Waals surface area (Å²) in [7, 11) is 1.31. The molecule has 0 fully saturated rings. The highest BCUT2D eigenvalue weighted by atomic mass is 19.2. The number of nitrogens with one attached hydrogen (secondary N) is 1. The largest absolute Gasteiger partial charge is 0.490 e. The summed E-state index contributed by atoms with van der Waals surface area (Å²) in [5.74, 6) is -2.58. The molecule has 0 aromatic heterocycles. The summed E-state index contributed by atoms with van der Waals surface area (Å²) in [4.78, 5) is 11.8. The van der Waals surface area contributed by atoms with Gasteiger partial charge in [0.05, 0.1) is 13.7 Å². The zero-order chi connectivity index (χ0) is 15.9. The van der Waals surface area contributed by atoms with Crippen molar-refractivity contribution in [2.24, 2.45) is 0 Å². The van der Waals surface area contributed by atoms with Gasteiger partial charge in [0.15, 0.2) is 11.6 Å². The summed E-state index contributed by atoms with van der Waals surface area (Å²) in [6.07, 6.45) is 1.13. The Bertz CT molecular complexity index is 482. The van der Waals surface area contributed by atoms with Gasteiger partial charge in [-0.05, 0) is 32.0 Å². The van der Waals surface area contributed by atoms with Crippen molar-refractivity contribution in [3.63, 3.8) is 0 Å². The lowest BCUT2D eigenvalue weighted by molar-refractivity contribution is -0.148. The lowest BCUT2D eigenvalue weighted by Crippen LogP contribution is -2.51. The molecule has 0 amide bonds. The topological polar surface area (TPSA) is 47.6 Å². The maximum Gasteiger partial charge on any atom is 0.325 e. The number of hydrogen-bond donors (Lipinski definition) is 1. The second kappa shape index (κ2) is 7.93. The van der Waals surface area contributed by atoms with Gasteiger partial charge in [0, 0.05) is 6.42 Å². The van der Waals surface area contributed by atoms with E-state index in [2.05, 4.69) is 5.32 Å². The van der Waals surface area contributed by atoms with Gasteiger partial charge in [-0.3, -0.25) is 4.79 Å². The monoisotopic (exact) mass is 301 g/mol. The van der Waals surface area contributed by atoms with E-state index in [0.717, 1.165) is 12.5 Å². The molecular formula is C15H21F2NO3. The van der Waals surface area contributed by atoms with Crippen molar-refractivity contribution in [2.45, 2.75) is 32.2 Å². The van der Waals surface area contributed by atoms with E-state index in [-0.39, 0.29) is 18.8 Å². The molecular weight excluding hydrogens is 280 g/mol. The first-order valence-corrected chi connectivity index (χ1v) is 6.85. The highest BCUT2D eigenvalue weighted by Crippen LogP contribution is 2.20. The first-order chi connectivity index (χ1) is 9.94. The van der Waals surface area contributed by atoms with Gasteiger partial charge >= 0.3 is 5.97 Å². The van der Waals surface area contributed by atoms with E-state index in [1.54, 1.807) is 6.92 Å². The van der Waals surface area contributed by atoms with Gasteiger partial charge in [0.2, 0.25) is 5.82 Å². The molecule has 0 heterocycles. The van der Waals surface area contributed by atoms with Gasteiger partial charge in [0.25, 0.3) is 0 Å². The fraction of sp³-hybridized carbons (Fsp3) is 0.533. The van der Waals surface area contributed by atoms with Crippen LogP contribution in [0.1, 0.15) is 26.7 Å². The molecule has 1 unspecified atom stereocenters. The number of benzene rings is 1. The molecule has 21 heavy (non-hydrogen) atoms. The molecule has 1 aromatic carbocycles. The van der Waals surface area contributed by atoms with Crippen LogP contribution >= 0.6 is 0 Å². The maximum absolute atomic E-state index is 13.4. The fourth-order valence-electron chi connectivity index (χ4n) is 1.85. The fourth-order valence-corrected chi connectivity index (χ4v) is 1.85. The molecule has 0 radical (unpaired) electrons. The van der Waals surface area contributed by atoms with Crippen LogP contribution in [0.2, 0.25) is 0 Å². The molecule has 0 aliphatic heterocycles. The summed E-state index contributed by atoms with van der Waals surface area (Å²) in [5.41, 5.74) is -0.922. The van der Waals surface area contributed by atoms with Crippen molar-refractivity contribution < 1.29 is 23.0 Å². The van der Waals surface area contributed by atoms with E-state index >= 15 is 0 Å². The standard InChI is InChI=1S/C15H21F2NO3/c1-4-9-18-15(2,14(19)20-3)8-10-21-12-7-5-6-11(16)13(12)17/h5-7,18H,4,8-10H2,1-3H3. The minimum Gasteiger partial charge on any atom is -0.490 e. The minimum atomic E-state index is -1.03. The van der Waals surface area contributed by atoms with E-state index in [1.165, 1.54) is 19.2 Å². The van der Waals surface area contributed by atoms with Crippen LogP contribution in [0.5, 0.6) is 5.75 Å². The van der Waals surface area contributed by atoms with Crippen molar-refractivity contribution in [1.29, 1.82) is 0 Å². The predicted molar refractivity (Wildman–Crippen MR) is 75.2 cm³/mol. The van der Waals surface area contributed by atoms with E-state index in [4.69, 9.17) is 9.47 Å². The van der Waals surface area contributed by atoms with Crippen molar-refractivity contribution in [2.75, 3.05) is 20.3 Å². The van der Waals surface area contributed by atoms with Crippen LogP contribution in [-0.4, -0.2) is 31.8 Å². The zero-order valence-corrected chi connectivity index (χ0v) is 12.5. The second-order valence-corrected chi connectivity index (χ2v) is 4.90. The summed E-state index contributed by atoms with van der Waals surface area (Å²) in [5, 5.41) is 3.09. The first-order valence-electron chi connectivity index (χ1n) is 6.85. The molecule has 0 spiro atoms. The quantitative estimate of drug-likeness (QED) is 0.750. The molecule has 6 heteroatoms. The molecule has 118 valence electrons. The van der Waals surface area contributed by atoms with Gasteiger partial charge in [-0.25, -0.2) is 4.39 Å². The lowest BCUT2D eigenvalue weighted by atomic mass is 9.98. The van der Waals surface area contributed by atoms with E-state index in [1.807, 2.05) is 6.92 Å². The number of halogens is 2. The van der Waals surface area contributed by atoms with Crippen molar-refractivity contribution in [3.05, 3.63) is 29.8 Å². The van der Waals surface area contributed by atoms with Crippen LogP contribution in [0.25, 0.3) is 0 Å². The predicted octanol–water partition coefficient (Wildman–Crippen LogP) is 2.67. The normalized spacial score (nSPS) is 13.6. The highest BCUT2D eigenvalue weighted by Gasteiger charge is 2.33. The summed E-state index contributed by atoms with van der Waals surface area (Å²) < 4.78 is 36.5. The van der Waals surface area contributed by atoms with Crippen LogP contribution < -0.4 is 10.1 Å². The van der Waals surface area contributed by atoms with Gasteiger partial charge in [-0.15, -0.1) is 0 Å². The molecule has 1 rings (SSSR count). The first kappa shape index (κ1) is 17.4. The second-order valence-electron chi connectivity index (χ2n) is 4.90. The Kier molecular flexibility index (Phi) is 6.55. The smallest absolute Gasteiger partial charge is 0.325 e. The van der Waals surface area contributed by atoms with Crippen molar-refractivity contribution in [1.82, 2.24) is 5.32 Å². The third-order valence-electron chi connectivity index (χ3n) is 3.18. The van der Waals surface area contributed by atoms with Crippen LogP contribution in [0.15, 0.2) is 18.2 Å². The number of carbonyl (C=O) groups excluding carboxylic acids is 1. The highest BCUT2D eigenvalue weighted by molar-refractivity contribution is 5.80. The van der Waals surface area contributed by atoms with Crippen molar-refractivity contribution in [3.8, 4) is 5.75 Å². The average Bonchev–Trinajstić information content (AvgIpc) is 2.48. The third-order valence-corrected chi connectivity index (χ3v) is 3.18. The van der Waals surface area contributed by atoms with E-state index in [0.29, 0.717) is 6.54 Å². The van der Waals surface area contributed by atoms with Crippen LogP contribution in [-0.2, 0) is 9.53 Å². The van der Waals surface area contributed by atoms with E-state index < -0.39 is 23.1 Å². The summed E-state index contributed by atoms with van der Waals surface area (Å²) >= 11 is 0. The van der Waals surface area contributed by atoms with Gasteiger partial charge < -0.3 is 14.8 Å². The van der Waals surface area contributed by atoms with E-state index in [9.17, 15) is 13.6 Å². The number of ether oxygens (including phenoxy) is 2. The molecule has 4 nitrogen and oxygen atoms in total. The van der Waals surface area contributed by atoms with Crippen LogP contribution in [0.4, 0.5) is 8.78 Å². The average molecular weight is 301 g/mol. The molecule has 0 bridgehead atoms. The SMILES string of the molecule is CCCNC(C)(CCOc1cccc(F)c1F)C(=O)OC.